The van der Waals surface area contributed by atoms with Gasteiger partial charge in [-0.05, 0) is 44.0 Å². The van der Waals surface area contributed by atoms with Gasteiger partial charge < -0.3 is 10.8 Å². The zero-order valence-electron chi connectivity index (χ0n) is 20.4. The maximum absolute atomic E-state index is 14.4. The summed E-state index contributed by atoms with van der Waals surface area (Å²) in [5.41, 5.74) is 4.48. The lowest BCUT2D eigenvalue weighted by Crippen LogP contribution is -2.38. The second-order valence-electron chi connectivity index (χ2n) is 9.08. The fourth-order valence-corrected chi connectivity index (χ4v) is 8.52. The van der Waals surface area contributed by atoms with Crippen molar-refractivity contribution in [2.75, 3.05) is 36.9 Å². The molecule has 0 bridgehead atoms. The molecular formula is C24H33F2N3O3S4. The molecule has 12 heteroatoms. The first kappa shape index (κ1) is 29.5. The van der Waals surface area contributed by atoms with Crippen molar-refractivity contribution in [2.45, 2.75) is 48.7 Å². The molecule has 6 nitrogen and oxygen atoms in total. The molecule has 200 valence electrons. The third-order valence-electron chi connectivity index (χ3n) is 5.83. The van der Waals surface area contributed by atoms with E-state index in [4.69, 9.17) is 10.8 Å². The van der Waals surface area contributed by atoms with Gasteiger partial charge in [-0.1, -0.05) is 18.2 Å². The van der Waals surface area contributed by atoms with Gasteiger partial charge in [-0.2, -0.15) is 0 Å². The van der Waals surface area contributed by atoms with Crippen LogP contribution in [-0.2, 0) is 22.1 Å². The predicted molar refractivity (Wildman–Crippen MR) is 147 cm³/mol. The SMILES string of the molecule is CC(C)(F)C(=O)O.NCc1ccc(SCC2CC(c3ccccc3F)CN2SN2CCS(=O)CC2)s1. The van der Waals surface area contributed by atoms with Crippen LogP contribution in [0.2, 0.25) is 0 Å². The highest BCUT2D eigenvalue weighted by molar-refractivity contribution is 8.01. The van der Waals surface area contributed by atoms with Crippen LogP contribution in [0.15, 0.2) is 40.6 Å². The largest absolute Gasteiger partial charge is 0.479 e. The van der Waals surface area contributed by atoms with Crippen LogP contribution < -0.4 is 5.73 Å². The molecule has 1 aromatic heterocycles. The highest BCUT2D eigenvalue weighted by Gasteiger charge is 2.36. The van der Waals surface area contributed by atoms with Gasteiger partial charge in [0.05, 0.1) is 4.21 Å². The molecule has 3 heterocycles. The molecular weight excluding hydrogens is 545 g/mol. The number of halogens is 2. The van der Waals surface area contributed by atoms with Crippen LogP contribution in [0.4, 0.5) is 8.78 Å². The molecule has 2 aliphatic heterocycles. The Kier molecular flexibility index (Phi) is 11.2. The Balaban J connectivity index is 0.000000454. The summed E-state index contributed by atoms with van der Waals surface area (Å²) < 4.78 is 44.0. The Morgan fingerprint density at radius 3 is 2.50 bits per heavy atom. The summed E-state index contributed by atoms with van der Waals surface area (Å²) in [5, 5.41) is 7.88. The van der Waals surface area contributed by atoms with Crippen molar-refractivity contribution in [2.24, 2.45) is 5.73 Å². The lowest BCUT2D eigenvalue weighted by molar-refractivity contribution is -0.148. The van der Waals surface area contributed by atoms with Crippen molar-refractivity contribution in [3.05, 3.63) is 52.7 Å². The van der Waals surface area contributed by atoms with E-state index in [-0.39, 0.29) is 11.7 Å². The fourth-order valence-electron chi connectivity index (χ4n) is 3.74. The highest BCUT2D eigenvalue weighted by atomic mass is 32.2. The molecule has 2 aliphatic rings. The van der Waals surface area contributed by atoms with E-state index in [1.165, 1.54) is 9.09 Å². The molecule has 1 aromatic carbocycles. The first-order chi connectivity index (χ1) is 17.1. The molecule has 4 rings (SSSR count). The van der Waals surface area contributed by atoms with E-state index in [1.807, 2.05) is 23.9 Å². The van der Waals surface area contributed by atoms with Crippen molar-refractivity contribution in [3.8, 4) is 0 Å². The van der Waals surface area contributed by atoms with Crippen molar-refractivity contribution in [1.29, 1.82) is 0 Å². The molecule has 2 atom stereocenters. The van der Waals surface area contributed by atoms with Gasteiger partial charge in [0.15, 0.2) is 0 Å². The van der Waals surface area contributed by atoms with Gasteiger partial charge in [-0.25, -0.2) is 22.2 Å². The molecule has 0 spiro atoms. The lowest BCUT2D eigenvalue weighted by Gasteiger charge is -2.31. The number of carbonyl (C=O) groups is 1. The van der Waals surface area contributed by atoms with E-state index in [2.05, 4.69) is 20.7 Å². The van der Waals surface area contributed by atoms with Crippen LogP contribution in [0.25, 0.3) is 0 Å². The van der Waals surface area contributed by atoms with E-state index in [0.29, 0.717) is 12.6 Å². The number of thioether (sulfide) groups is 1. The summed E-state index contributed by atoms with van der Waals surface area (Å²) in [7, 11) is -0.676. The minimum Gasteiger partial charge on any atom is -0.479 e. The first-order valence-electron chi connectivity index (χ1n) is 11.7. The van der Waals surface area contributed by atoms with E-state index in [0.717, 1.165) is 62.7 Å². The zero-order chi connectivity index (χ0) is 26.3. The van der Waals surface area contributed by atoms with Gasteiger partial charge in [0, 0.05) is 83.2 Å². The number of aliphatic carboxylic acids is 1. The summed E-state index contributed by atoms with van der Waals surface area (Å²) in [6, 6.07) is 11.8. The van der Waals surface area contributed by atoms with Gasteiger partial charge in [-0.3, -0.25) is 4.21 Å². The normalized spacial score (nSPS) is 21.8. The molecule has 0 amide bonds. The number of carboxylic acids is 1. The van der Waals surface area contributed by atoms with E-state index in [9.17, 15) is 17.8 Å². The monoisotopic (exact) mass is 577 g/mol. The molecule has 0 radical (unpaired) electrons. The molecule has 2 unspecified atom stereocenters. The number of hydrogen-bond acceptors (Lipinski definition) is 8. The van der Waals surface area contributed by atoms with E-state index >= 15 is 0 Å². The third kappa shape index (κ3) is 8.78. The predicted octanol–water partition coefficient (Wildman–Crippen LogP) is 4.74. The van der Waals surface area contributed by atoms with Crippen LogP contribution in [0.3, 0.4) is 0 Å². The number of carboxylic acid groups (broad SMARTS) is 1. The minimum atomic E-state index is -2.08. The van der Waals surface area contributed by atoms with Crippen LogP contribution in [0.5, 0.6) is 0 Å². The van der Waals surface area contributed by atoms with Crippen LogP contribution in [0.1, 0.15) is 36.6 Å². The van der Waals surface area contributed by atoms with Crippen LogP contribution in [-0.4, -0.2) is 72.5 Å². The molecule has 2 aromatic rings. The standard InChI is InChI=1S/C20H26FN3OS4.C4H7FO2/c21-19-4-2-1-3-18(19)15-11-16(14-26-20-6-5-17(12-22)27-20)24(13-15)28-23-7-9-29(25)10-8-23;1-4(2,5)3(6)7/h1-6,15-16H,7-14,22H2;1-2H3,(H,6,7). The number of benzene rings is 1. The summed E-state index contributed by atoms with van der Waals surface area (Å²) in [5.74, 6) is 1.14. The molecule has 3 N–H and O–H groups in total. The molecule has 2 saturated heterocycles. The van der Waals surface area contributed by atoms with Crippen molar-refractivity contribution in [1.82, 2.24) is 8.61 Å². The molecule has 2 fully saturated rings. The quantitative estimate of drug-likeness (QED) is 0.344. The molecule has 0 aliphatic carbocycles. The Bertz CT molecular complexity index is 1020. The Morgan fingerprint density at radius 2 is 1.92 bits per heavy atom. The minimum absolute atomic E-state index is 0.102. The fraction of sp³-hybridized carbons (Fsp3) is 0.542. The lowest BCUT2D eigenvalue weighted by atomic mass is 9.96. The third-order valence-corrected chi connectivity index (χ3v) is 10.8. The van der Waals surface area contributed by atoms with Gasteiger partial charge in [0.25, 0.3) is 0 Å². The summed E-state index contributed by atoms with van der Waals surface area (Å²) >= 11 is 5.40. The summed E-state index contributed by atoms with van der Waals surface area (Å²) in [4.78, 5) is 10.9. The molecule has 36 heavy (non-hydrogen) atoms. The Labute approximate surface area is 226 Å². The number of alkyl halides is 1. The second-order valence-corrected chi connectivity index (χ2v) is 14.4. The average molecular weight is 578 g/mol. The number of nitrogens with zero attached hydrogens (tertiary/aromatic N) is 2. The summed E-state index contributed by atoms with van der Waals surface area (Å²) in [6.07, 6.45) is 0.954. The van der Waals surface area contributed by atoms with Crippen LogP contribution in [0, 0.1) is 5.82 Å². The Morgan fingerprint density at radius 1 is 1.25 bits per heavy atom. The number of nitrogens with two attached hydrogens (primary N) is 1. The molecule has 0 saturated carbocycles. The number of hydrogen-bond donors (Lipinski definition) is 2. The Hall–Kier alpha value is -1.02. The first-order valence-corrected chi connectivity index (χ1v) is 15.7. The summed E-state index contributed by atoms with van der Waals surface area (Å²) in [6.45, 7) is 5.12. The number of thiophene rings is 1. The van der Waals surface area contributed by atoms with E-state index in [1.54, 1.807) is 35.6 Å². The topological polar surface area (TPSA) is 86.9 Å². The zero-order valence-corrected chi connectivity index (χ0v) is 23.7. The van der Waals surface area contributed by atoms with Gasteiger partial charge >= 0.3 is 5.97 Å². The maximum Gasteiger partial charge on any atom is 0.340 e. The maximum atomic E-state index is 14.4. The van der Waals surface area contributed by atoms with Crippen LogP contribution >= 0.6 is 35.2 Å². The van der Waals surface area contributed by atoms with Crippen molar-refractivity contribution < 1.29 is 22.9 Å². The van der Waals surface area contributed by atoms with Crippen molar-refractivity contribution >= 4 is 52.0 Å². The van der Waals surface area contributed by atoms with Gasteiger partial charge in [0.1, 0.15) is 5.82 Å². The van der Waals surface area contributed by atoms with Gasteiger partial charge in [-0.15, -0.1) is 23.1 Å². The van der Waals surface area contributed by atoms with Gasteiger partial charge in [0.2, 0.25) is 5.67 Å². The highest BCUT2D eigenvalue weighted by Crippen LogP contribution is 2.40. The number of rotatable bonds is 8. The van der Waals surface area contributed by atoms with Crippen molar-refractivity contribution in [3.63, 3.8) is 0 Å². The average Bonchev–Trinajstić information content (AvgIpc) is 3.46. The second kappa shape index (κ2) is 13.7. The van der Waals surface area contributed by atoms with E-state index < -0.39 is 22.4 Å². The smallest absolute Gasteiger partial charge is 0.340 e.